The number of likely N-dealkylation sites (tertiary alicyclic amines) is 1. The van der Waals surface area contributed by atoms with Gasteiger partial charge < -0.3 is 0 Å². The maximum absolute atomic E-state index is 4.21. The van der Waals surface area contributed by atoms with Crippen molar-refractivity contribution in [3.8, 4) is 0 Å². The quantitative estimate of drug-likeness (QED) is 0.821. The summed E-state index contributed by atoms with van der Waals surface area (Å²) in [5, 5.41) is 14.3. The minimum Gasteiger partial charge on any atom is -0.288 e. The molecule has 6 heteroatoms. The maximum Gasteiger partial charge on any atom is 0.165 e. The number of rotatable bonds is 6. The number of nitrogens with zero attached hydrogens (tertiary/aromatic N) is 5. The molecule has 0 amide bonds. The third kappa shape index (κ3) is 2.91. The molecule has 1 aliphatic heterocycles. The first-order valence-corrected chi connectivity index (χ1v) is 8.29. The minimum absolute atomic E-state index is 0.548. The number of unbranched alkanes of at least 4 members (excludes halogenated alkanes) is 1. The molecule has 0 bridgehead atoms. The standard InChI is InChI=1S/C14H21N5S/c1-2-3-9-19-14(15-16-17-19)11-18-8-4-6-12(18)13-7-5-10-20-13/h5,7,10,12H,2-4,6,8-9,11H2,1H3. The summed E-state index contributed by atoms with van der Waals surface area (Å²) in [6.45, 7) is 5.12. The fraction of sp³-hybridized carbons (Fsp3) is 0.643. The van der Waals surface area contributed by atoms with E-state index in [0.717, 1.165) is 31.9 Å². The molecule has 0 aromatic carbocycles. The lowest BCUT2D eigenvalue weighted by Crippen LogP contribution is -2.24. The van der Waals surface area contributed by atoms with E-state index in [9.17, 15) is 0 Å². The molecule has 5 nitrogen and oxygen atoms in total. The van der Waals surface area contributed by atoms with Gasteiger partial charge in [-0.15, -0.1) is 16.4 Å². The van der Waals surface area contributed by atoms with Crippen LogP contribution < -0.4 is 0 Å². The van der Waals surface area contributed by atoms with Crippen LogP contribution in [0.15, 0.2) is 17.5 Å². The highest BCUT2D eigenvalue weighted by Crippen LogP contribution is 2.35. The molecule has 3 rings (SSSR count). The van der Waals surface area contributed by atoms with E-state index in [1.165, 1.54) is 24.1 Å². The van der Waals surface area contributed by atoms with Crippen LogP contribution >= 0.6 is 11.3 Å². The Labute approximate surface area is 123 Å². The lowest BCUT2D eigenvalue weighted by Gasteiger charge is -2.22. The van der Waals surface area contributed by atoms with Crippen molar-refractivity contribution in [3.63, 3.8) is 0 Å². The fourth-order valence-electron chi connectivity index (χ4n) is 2.82. The van der Waals surface area contributed by atoms with Gasteiger partial charge in [-0.2, -0.15) is 0 Å². The molecule has 0 aliphatic carbocycles. The number of aromatic nitrogens is 4. The summed E-state index contributed by atoms with van der Waals surface area (Å²) in [6, 6.07) is 4.93. The van der Waals surface area contributed by atoms with Crippen LogP contribution in [0.25, 0.3) is 0 Å². The fourth-order valence-corrected chi connectivity index (χ4v) is 3.71. The molecule has 1 fully saturated rings. The van der Waals surface area contributed by atoms with Crippen LogP contribution in [0, 0.1) is 0 Å². The molecule has 1 atom stereocenters. The molecular formula is C14H21N5S. The highest BCUT2D eigenvalue weighted by Gasteiger charge is 2.28. The molecular weight excluding hydrogens is 270 g/mol. The van der Waals surface area contributed by atoms with Crippen LogP contribution in [0.2, 0.25) is 0 Å². The molecule has 2 aromatic heterocycles. The van der Waals surface area contributed by atoms with Gasteiger partial charge in [0.1, 0.15) is 0 Å². The van der Waals surface area contributed by atoms with Gasteiger partial charge in [-0.3, -0.25) is 4.90 Å². The summed E-state index contributed by atoms with van der Waals surface area (Å²) in [6.07, 6.45) is 4.81. The molecule has 3 heterocycles. The average molecular weight is 291 g/mol. The van der Waals surface area contributed by atoms with E-state index in [4.69, 9.17) is 0 Å². The average Bonchev–Trinajstić information content (AvgIpc) is 3.18. The largest absolute Gasteiger partial charge is 0.288 e. The van der Waals surface area contributed by atoms with Gasteiger partial charge in [0, 0.05) is 17.5 Å². The van der Waals surface area contributed by atoms with Crippen molar-refractivity contribution in [3.05, 3.63) is 28.2 Å². The first-order valence-electron chi connectivity index (χ1n) is 7.41. The highest BCUT2D eigenvalue weighted by molar-refractivity contribution is 7.10. The van der Waals surface area contributed by atoms with Gasteiger partial charge in [0.25, 0.3) is 0 Å². The van der Waals surface area contributed by atoms with Gasteiger partial charge in [-0.25, -0.2) is 4.68 Å². The van der Waals surface area contributed by atoms with Crippen molar-refractivity contribution in [1.29, 1.82) is 0 Å². The lowest BCUT2D eigenvalue weighted by atomic mass is 10.2. The summed E-state index contributed by atoms with van der Waals surface area (Å²) < 4.78 is 1.97. The topological polar surface area (TPSA) is 46.8 Å². The van der Waals surface area contributed by atoms with Crippen LogP contribution in [0.5, 0.6) is 0 Å². The van der Waals surface area contributed by atoms with E-state index >= 15 is 0 Å². The Morgan fingerprint density at radius 1 is 1.45 bits per heavy atom. The van der Waals surface area contributed by atoms with Crippen LogP contribution in [0.1, 0.15) is 49.4 Å². The Balaban J connectivity index is 1.69. The zero-order valence-electron chi connectivity index (χ0n) is 11.9. The Hall–Kier alpha value is -1.27. The predicted molar refractivity (Wildman–Crippen MR) is 79.4 cm³/mol. The number of hydrogen-bond acceptors (Lipinski definition) is 5. The third-order valence-corrected chi connectivity index (χ3v) is 4.88. The van der Waals surface area contributed by atoms with Gasteiger partial charge in [0.2, 0.25) is 0 Å². The molecule has 2 aromatic rings. The van der Waals surface area contributed by atoms with E-state index in [1.54, 1.807) is 0 Å². The zero-order valence-corrected chi connectivity index (χ0v) is 12.7. The normalized spacial score (nSPS) is 19.8. The summed E-state index contributed by atoms with van der Waals surface area (Å²) in [4.78, 5) is 3.98. The van der Waals surface area contributed by atoms with Crippen LogP contribution in [-0.4, -0.2) is 31.7 Å². The maximum atomic E-state index is 4.21. The minimum atomic E-state index is 0.548. The Morgan fingerprint density at radius 3 is 3.20 bits per heavy atom. The Kier molecular flexibility index (Phi) is 4.42. The molecule has 1 aliphatic rings. The SMILES string of the molecule is CCCCn1nnnc1CN1CCCC1c1cccs1. The molecule has 0 spiro atoms. The van der Waals surface area contributed by atoms with E-state index in [1.807, 2.05) is 16.0 Å². The summed E-state index contributed by atoms with van der Waals surface area (Å²) in [5.74, 6) is 1.00. The molecule has 1 saturated heterocycles. The van der Waals surface area contributed by atoms with Crippen molar-refractivity contribution < 1.29 is 0 Å². The number of hydrogen-bond donors (Lipinski definition) is 0. The second kappa shape index (κ2) is 6.45. The number of aryl methyl sites for hydroxylation is 1. The number of thiophene rings is 1. The highest BCUT2D eigenvalue weighted by atomic mass is 32.1. The molecule has 0 saturated carbocycles. The lowest BCUT2D eigenvalue weighted by molar-refractivity contribution is 0.239. The molecule has 0 radical (unpaired) electrons. The van der Waals surface area contributed by atoms with Crippen molar-refractivity contribution >= 4 is 11.3 Å². The van der Waals surface area contributed by atoms with E-state index in [0.29, 0.717) is 6.04 Å². The van der Waals surface area contributed by atoms with Gasteiger partial charge in [0.15, 0.2) is 5.82 Å². The van der Waals surface area contributed by atoms with Crippen LogP contribution in [-0.2, 0) is 13.1 Å². The predicted octanol–water partition coefficient (Wildman–Crippen LogP) is 2.87. The van der Waals surface area contributed by atoms with E-state index in [-0.39, 0.29) is 0 Å². The van der Waals surface area contributed by atoms with Crippen LogP contribution in [0.3, 0.4) is 0 Å². The first kappa shape index (κ1) is 13.7. The first-order chi connectivity index (χ1) is 9.88. The molecule has 1 unspecified atom stereocenters. The van der Waals surface area contributed by atoms with Gasteiger partial charge in [-0.1, -0.05) is 19.4 Å². The summed E-state index contributed by atoms with van der Waals surface area (Å²) >= 11 is 1.85. The van der Waals surface area contributed by atoms with Crippen molar-refractivity contribution in [2.45, 2.75) is 51.7 Å². The smallest absolute Gasteiger partial charge is 0.165 e. The molecule has 0 N–H and O–H groups in total. The second-order valence-electron chi connectivity index (χ2n) is 5.32. The second-order valence-corrected chi connectivity index (χ2v) is 6.30. The van der Waals surface area contributed by atoms with Crippen molar-refractivity contribution in [1.82, 2.24) is 25.1 Å². The summed E-state index contributed by atoms with van der Waals surface area (Å²) in [7, 11) is 0. The van der Waals surface area contributed by atoms with Gasteiger partial charge >= 0.3 is 0 Å². The Morgan fingerprint density at radius 2 is 2.40 bits per heavy atom. The van der Waals surface area contributed by atoms with Crippen LogP contribution in [0.4, 0.5) is 0 Å². The van der Waals surface area contributed by atoms with E-state index < -0.39 is 0 Å². The Bertz CT molecular complexity index is 521. The van der Waals surface area contributed by atoms with Crippen molar-refractivity contribution in [2.24, 2.45) is 0 Å². The van der Waals surface area contributed by atoms with E-state index in [2.05, 4.69) is 44.9 Å². The zero-order chi connectivity index (χ0) is 13.8. The monoisotopic (exact) mass is 291 g/mol. The van der Waals surface area contributed by atoms with Gasteiger partial charge in [0.05, 0.1) is 6.54 Å². The third-order valence-electron chi connectivity index (χ3n) is 3.91. The number of tetrazole rings is 1. The molecule has 108 valence electrons. The molecule has 20 heavy (non-hydrogen) atoms. The van der Waals surface area contributed by atoms with Crippen molar-refractivity contribution in [2.75, 3.05) is 6.54 Å². The summed E-state index contributed by atoms with van der Waals surface area (Å²) in [5.41, 5.74) is 0. The van der Waals surface area contributed by atoms with Gasteiger partial charge in [-0.05, 0) is 47.7 Å².